The van der Waals surface area contributed by atoms with Gasteiger partial charge in [-0.25, -0.2) is 4.39 Å². The number of benzene rings is 1. The van der Waals surface area contributed by atoms with Gasteiger partial charge in [-0.3, -0.25) is 9.59 Å². The number of carbonyl (C=O) groups is 2. The van der Waals surface area contributed by atoms with Gasteiger partial charge in [0.05, 0.1) is 5.69 Å². The van der Waals surface area contributed by atoms with Crippen LogP contribution in [0.5, 0.6) is 0 Å². The van der Waals surface area contributed by atoms with E-state index in [0.717, 1.165) is 19.3 Å². The molecule has 1 unspecified atom stereocenters. The molecule has 1 aromatic carbocycles. The van der Waals surface area contributed by atoms with E-state index in [2.05, 4.69) is 5.32 Å². The second-order valence-corrected chi connectivity index (χ2v) is 5.26. The van der Waals surface area contributed by atoms with E-state index in [1.54, 1.807) is 4.90 Å². The molecule has 0 spiro atoms. The van der Waals surface area contributed by atoms with Crippen LogP contribution in [-0.2, 0) is 4.79 Å². The Morgan fingerprint density at radius 3 is 2.86 bits per heavy atom. The smallest absolute Gasteiger partial charge is 0.254 e. The molecular weight excluding hydrogens is 273 g/mol. The summed E-state index contributed by atoms with van der Waals surface area (Å²) < 4.78 is 13.6. The van der Waals surface area contributed by atoms with Gasteiger partial charge in [-0.05, 0) is 37.5 Å². The summed E-state index contributed by atoms with van der Waals surface area (Å²) in [6.45, 7) is 2.38. The molecule has 1 atom stereocenters. The Morgan fingerprint density at radius 1 is 1.43 bits per heavy atom. The standard InChI is InChI=1S/C15H20FN3O2/c1-10(20)18-14-8-11(5-6-13(14)16)15(21)19-7-3-2-4-12(19)9-17/h5-6,8,12H,2-4,7,9,17H2,1H3,(H,18,20). The van der Waals surface area contributed by atoms with E-state index in [9.17, 15) is 14.0 Å². The number of anilines is 1. The SMILES string of the molecule is CC(=O)Nc1cc(C(=O)N2CCCCC2CN)ccc1F. The first-order chi connectivity index (χ1) is 10.0. The van der Waals surface area contributed by atoms with Gasteiger partial charge in [-0.15, -0.1) is 0 Å². The normalized spacial score (nSPS) is 18.4. The van der Waals surface area contributed by atoms with Crippen molar-refractivity contribution in [2.45, 2.75) is 32.2 Å². The van der Waals surface area contributed by atoms with Crippen molar-refractivity contribution in [1.82, 2.24) is 4.90 Å². The van der Waals surface area contributed by atoms with Crippen molar-refractivity contribution in [3.8, 4) is 0 Å². The van der Waals surface area contributed by atoms with Crippen LogP contribution in [0.3, 0.4) is 0 Å². The number of nitrogens with zero attached hydrogens (tertiary/aromatic N) is 1. The fourth-order valence-corrected chi connectivity index (χ4v) is 2.62. The molecule has 1 aromatic rings. The number of halogens is 1. The summed E-state index contributed by atoms with van der Waals surface area (Å²) >= 11 is 0. The minimum atomic E-state index is -0.559. The molecule has 114 valence electrons. The van der Waals surface area contributed by atoms with Crippen molar-refractivity contribution < 1.29 is 14.0 Å². The number of nitrogens with one attached hydrogen (secondary N) is 1. The third kappa shape index (κ3) is 3.58. The van der Waals surface area contributed by atoms with Crippen molar-refractivity contribution in [3.63, 3.8) is 0 Å². The van der Waals surface area contributed by atoms with E-state index in [-0.39, 0.29) is 23.5 Å². The Balaban J connectivity index is 2.24. The lowest BCUT2D eigenvalue weighted by Crippen LogP contribution is -2.47. The van der Waals surface area contributed by atoms with Crippen LogP contribution in [0.1, 0.15) is 36.5 Å². The molecule has 21 heavy (non-hydrogen) atoms. The van der Waals surface area contributed by atoms with Crippen LogP contribution in [0.15, 0.2) is 18.2 Å². The molecule has 1 heterocycles. The van der Waals surface area contributed by atoms with E-state index in [4.69, 9.17) is 5.73 Å². The quantitative estimate of drug-likeness (QED) is 0.891. The fourth-order valence-electron chi connectivity index (χ4n) is 2.62. The Kier molecular flexibility index (Phi) is 4.90. The number of rotatable bonds is 3. The summed E-state index contributed by atoms with van der Waals surface area (Å²) in [5.74, 6) is -1.11. The number of hydrogen-bond donors (Lipinski definition) is 2. The molecule has 0 aliphatic carbocycles. The number of piperidine rings is 1. The molecule has 3 N–H and O–H groups in total. The molecular formula is C15H20FN3O2. The third-order valence-electron chi connectivity index (χ3n) is 3.68. The summed E-state index contributed by atoms with van der Waals surface area (Å²) in [4.78, 5) is 25.4. The van der Waals surface area contributed by atoms with E-state index in [1.807, 2.05) is 0 Å². The van der Waals surface area contributed by atoms with Crippen molar-refractivity contribution in [2.75, 3.05) is 18.4 Å². The van der Waals surface area contributed by atoms with Gasteiger partial charge in [-0.1, -0.05) is 0 Å². The third-order valence-corrected chi connectivity index (χ3v) is 3.68. The van der Waals surface area contributed by atoms with Crippen LogP contribution in [0.4, 0.5) is 10.1 Å². The highest BCUT2D eigenvalue weighted by Gasteiger charge is 2.26. The average Bonchev–Trinajstić information content (AvgIpc) is 2.48. The zero-order chi connectivity index (χ0) is 15.4. The van der Waals surface area contributed by atoms with Crippen LogP contribution >= 0.6 is 0 Å². The van der Waals surface area contributed by atoms with Crippen molar-refractivity contribution >= 4 is 17.5 Å². The van der Waals surface area contributed by atoms with Crippen LogP contribution in [0.25, 0.3) is 0 Å². The number of carbonyl (C=O) groups excluding carboxylic acids is 2. The van der Waals surface area contributed by atoms with Crippen molar-refractivity contribution in [2.24, 2.45) is 5.73 Å². The molecule has 2 rings (SSSR count). The van der Waals surface area contributed by atoms with E-state index in [0.29, 0.717) is 18.7 Å². The molecule has 0 aromatic heterocycles. The summed E-state index contributed by atoms with van der Waals surface area (Å²) in [6.07, 6.45) is 2.90. The topological polar surface area (TPSA) is 75.4 Å². The molecule has 0 bridgehead atoms. The largest absolute Gasteiger partial charge is 0.334 e. The molecule has 1 saturated heterocycles. The Bertz CT molecular complexity index is 548. The minimum Gasteiger partial charge on any atom is -0.334 e. The van der Waals surface area contributed by atoms with Crippen LogP contribution < -0.4 is 11.1 Å². The van der Waals surface area contributed by atoms with Gasteiger partial charge in [-0.2, -0.15) is 0 Å². The van der Waals surface area contributed by atoms with Gasteiger partial charge in [0.2, 0.25) is 5.91 Å². The Labute approximate surface area is 123 Å². The van der Waals surface area contributed by atoms with E-state index in [1.165, 1.54) is 25.1 Å². The summed E-state index contributed by atoms with van der Waals surface area (Å²) in [6, 6.07) is 4.03. The summed E-state index contributed by atoms with van der Waals surface area (Å²) in [7, 11) is 0. The molecule has 6 heteroatoms. The predicted molar refractivity (Wildman–Crippen MR) is 78.4 cm³/mol. The number of hydrogen-bond acceptors (Lipinski definition) is 3. The lowest BCUT2D eigenvalue weighted by molar-refractivity contribution is -0.114. The average molecular weight is 293 g/mol. The van der Waals surface area contributed by atoms with Gasteiger partial charge in [0.25, 0.3) is 5.91 Å². The predicted octanol–water partition coefficient (Wildman–Crippen LogP) is 1.74. The highest BCUT2D eigenvalue weighted by atomic mass is 19.1. The molecule has 1 fully saturated rings. The molecule has 2 amide bonds. The molecule has 1 aliphatic rings. The van der Waals surface area contributed by atoms with Crippen molar-refractivity contribution in [1.29, 1.82) is 0 Å². The van der Waals surface area contributed by atoms with Crippen LogP contribution in [0.2, 0.25) is 0 Å². The zero-order valence-corrected chi connectivity index (χ0v) is 12.1. The summed E-state index contributed by atoms with van der Waals surface area (Å²) in [5.41, 5.74) is 6.10. The van der Waals surface area contributed by atoms with Crippen LogP contribution in [-0.4, -0.2) is 35.8 Å². The Hall–Kier alpha value is -1.95. The van der Waals surface area contributed by atoms with Crippen molar-refractivity contribution in [3.05, 3.63) is 29.6 Å². The summed E-state index contributed by atoms with van der Waals surface area (Å²) in [5, 5.41) is 2.39. The maximum Gasteiger partial charge on any atom is 0.254 e. The monoisotopic (exact) mass is 293 g/mol. The minimum absolute atomic E-state index is 0.0228. The first kappa shape index (κ1) is 15.4. The first-order valence-corrected chi connectivity index (χ1v) is 7.11. The fraction of sp³-hybridized carbons (Fsp3) is 0.467. The number of likely N-dealkylation sites (tertiary alicyclic amines) is 1. The van der Waals surface area contributed by atoms with Gasteiger partial charge >= 0.3 is 0 Å². The van der Waals surface area contributed by atoms with Gasteiger partial charge in [0.1, 0.15) is 5.82 Å². The zero-order valence-electron chi connectivity index (χ0n) is 12.1. The van der Waals surface area contributed by atoms with Crippen LogP contribution in [0, 0.1) is 5.82 Å². The van der Waals surface area contributed by atoms with E-state index >= 15 is 0 Å². The number of amides is 2. The van der Waals surface area contributed by atoms with Gasteiger partial charge in [0.15, 0.2) is 0 Å². The highest BCUT2D eigenvalue weighted by molar-refractivity contribution is 5.97. The maximum atomic E-state index is 13.6. The first-order valence-electron chi connectivity index (χ1n) is 7.11. The molecule has 0 saturated carbocycles. The second kappa shape index (κ2) is 6.67. The van der Waals surface area contributed by atoms with E-state index < -0.39 is 5.82 Å². The maximum absolute atomic E-state index is 13.6. The Morgan fingerprint density at radius 2 is 2.19 bits per heavy atom. The second-order valence-electron chi connectivity index (χ2n) is 5.26. The molecule has 5 nitrogen and oxygen atoms in total. The molecule has 0 radical (unpaired) electrons. The number of nitrogens with two attached hydrogens (primary N) is 1. The molecule has 1 aliphatic heterocycles. The lowest BCUT2D eigenvalue weighted by Gasteiger charge is -2.35. The highest BCUT2D eigenvalue weighted by Crippen LogP contribution is 2.22. The lowest BCUT2D eigenvalue weighted by atomic mass is 10.0. The van der Waals surface area contributed by atoms with Gasteiger partial charge in [0, 0.05) is 31.6 Å². The van der Waals surface area contributed by atoms with Gasteiger partial charge < -0.3 is 16.0 Å².